The van der Waals surface area contributed by atoms with Crippen LogP contribution in [0.4, 0.5) is 5.69 Å². The number of aromatic nitrogens is 1. The molecule has 1 heterocycles. The molecule has 5 aromatic carbocycles. The average molecular weight is 504 g/mol. The Kier molecular flexibility index (Phi) is 5.65. The maximum absolute atomic E-state index is 6.80. The minimum Gasteiger partial charge on any atom is -0.398 e. The summed E-state index contributed by atoms with van der Waals surface area (Å²) in [7, 11) is 0. The lowest BCUT2D eigenvalue weighted by Gasteiger charge is -2.15. The number of para-hydroxylation sites is 3. The molecule has 39 heavy (non-hydrogen) atoms. The number of hydrogen-bond donors (Lipinski definition) is 2. The second-order valence-corrected chi connectivity index (χ2v) is 10.2. The number of nitrogens with zero attached hydrogens (tertiary/aromatic N) is 1. The summed E-state index contributed by atoms with van der Waals surface area (Å²) in [6.07, 6.45) is 5.23. The van der Waals surface area contributed by atoms with Crippen molar-refractivity contribution in [2.75, 3.05) is 5.73 Å². The molecule has 0 aliphatic heterocycles. The summed E-state index contributed by atoms with van der Waals surface area (Å²) in [5.74, 6) is 0. The van der Waals surface area contributed by atoms with Crippen LogP contribution < -0.4 is 11.5 Å². The van der Waals surface area contributed by atoms with E-state index >= 15 is 0 Å². The Bertz CT molecular complexity index is 1910. The number of fused-ring (bicyclic) bond motifs is 4. The Hall–Kier alpha value is -4.86. The zero-order valence-corrected chi connectivity index (χ0v) is 21.6. The second kappa shape index (κ2) is 9.46. The van der Waals surface area contributed by atoms with Gasteiger partial charge in [-0.2, -0.15) is 0 Å². The van der Waals surface area contributed by atoms with Crippen molar-refractivity contribution in [3.05, 3.63) is 156 Å². The molecule has 0 saturated carbocycles. The fourth-order valence-electron chi connectivity index (χ4n) is 5.91. The van der Waals surface area contributed by atoms with Gasteiger partial charge in [0, 0.05) is 34.6 Å². The Morgan fingerprint density at radius 2 is 1.38 bits per heavy atom. The van der Waals surface area contributed by atoms with Crippen molar-refractivity contribution in [3.8, 4) is 5.69 Å². The number of allylic oxidation sites excluding steroid dienone is 3. The molecule has 1 aliphatic carbocycles. The van der Waals surface area contributed by atoms with E-state index in [1.165, 1.54) is 32.9 Å². The first kappa shape index (κ1) is 23.3. The molecule has 4 N–H and O–H groups in total. The zero-order chi connectivity index (χ0) is 26.3. The molecule has 0 spiro atoms. The highest BCUT2D eigenvalue weighted by molar-refractivity contribution is 6.10. The molecule has 3 heteroatoms. The van der Waals surface area contributed by atoms with Crippen LogP contribution in [0.3, 0.4) is 0 Å². The van der Waals surface area contributed by atoms with Gasteiger partial charge in [-0.05, 0) is 69.8 Å². The van der Waals surface area contributed by atoms with E-state index in [4.69, 9.17) is 11.5 Å². The van der Waals surface area contributed by atoms with Crippen molar-refractivity contribution in [3.63, 3.8) is 0 Å². The largest absolute Gasteiger partial charge is 0.398 e. The predicted octanol–water partition coefficient (Wildman–Crippen LogP) is 8.09. The normalized spacial score (nSPS) is 15.1. The summed E-state index contributed by atoms with van der Waals surface area (Å²) >= 11 is 0. The molecule has 0 radical (unpaired) electrons. The highest BCUT2D eigenvalue weighted by Gasteiger charge is 2.20. The lowest BCUT2D eigenvalue weighted by Crippen LogP contribution is -2.09. The molecule has 1 aromatic heterocycles. The van der Waals surface area contributed by atoms with Crippen LogP contribution in [0.1, 0.15) is 28.3 Å². The maximum Gasteiger partial charge on any atom is 0.0541 e. The van der Waals surface area contributed by atoms with E-state index in [1.54, 1.807) is 0 Å². The smallest absolute Gasteiger partial charge is 0.0541 e. The number of anilines is 1. The van der Waals surface area contributed by atoms with E-state index in [0.717, 1.165) is 40.1 Å². The highest BCUT2D eigenvalue weighted by atomic mass is 15.0. The van der Waals surface area contributed by atoms with Crippen molar-refractivity contribution in [1.29, 1.82) is 0 Å². The third kappa shape index (κ3) is 4.04. The molecule has 1 atom stereocenters. The van der Waals surface area contributed by atoms with Crippen molar-refractivity contribution < 1.29 is 0 Å². The molecule has 188 valence electrons. The summed E-state index contributed by atoms with van der Waals surface area (Å²) in [6, 6.07) is 42.3. The van der Waals surface area contributed by atoms with Gasteiger partial charge in [0.15, 0.2) is 0 Å². The number of nitrogen functional groups attached to an aromatic ring is 1. The number of rotatable bonds is 4. The van der Waals surface area contributed by atoms with E-state index in [2.05, 4.69) is 120 Å². The van der Waals surface area contributed by atoms with E-state index in [-0.39, 0.29) is 6.04 Å². The first-order valence-electron chi connectivity index (χ1n) is 13.4. The Labute approximate surface area is 228 Å². The standard InChI is InChI=1S/C36H29N3/c37-33-16-8-4-10-25(33)20-27-21-26(23-34(38)30-14-6-5-13-29(27)30)24-18-19-36-32(22-24)31-15-7-9-17-35(31)39(36)28-11-2-1-3-12-28/h1-19,21-23,34H,20,37-38H2. The van der Waals surface area contributed by atoms with Gasteiger partial charge in [0.05, 0.1) is 11.0 Å². The number of nitrogens with two attached hydrogens (primary N) is 2. The van der Waals surface area contributed by atoms with Crippen LogP contribution in [-0.2, 0) is 6.42 Å². The zero-order valence-electron chi connectivity index (χ0n) is 21.6. The number of benzene rings is 5. The Balaban J connectivity index is 1.42. The summed E-state index contributed by atoms with van der Waals surface area (Å²) in [4.78, 5) is 0. The number of hydrogen-bond acceptors (Lipinski definition) is 2. The van der Waals surface area contributed by atoms with Crippen molar-refractivity contribution >= 4 is 38.6 Å². The minimum absolute atomic E-state index is 0.209. The first-order valence-corrected chi connectivity index (χ1v) is 13.4. The van der Waals surface area contributed by atoms with E-state index in [9.17, 15) is 0 Å². The minimum atomic E-state index is -0.209. The monoisotopic (exact) mass is 503 g/mol. The van der Waals surface area contributed by atoms with Gasteiger partial charge in [-0.15, -0.1) is 0 Å². The van der Waals surface area contributed by atoms with Gasteiger partial charge in [-0.25, -0.2) is 0 Å². The quantitative estimate of drug-likeness (QED) is 0.239. The molecule has 1 aliphatic rings. The van der Waals surface area contributed by atoms with Gasteiger partial charge >= 0.3 is 0 Å². The highest BCUT2D eigenvalue weighted by Crippen LogP contribution is 2.38. The molecule has 0 bridgehead atoms. The molecule has 0 saturated heterocycles. The van der Waals surface area contributed by atoms with Crippen LogP contribution in [0.15, 0.2) is 133 Å². The SMILES string of the molecule is Nc1ccccc1CC1=CC(c2ccc3c(c2)c2ccccc2n3-c2ccccc2)=CC(N)c2ccccc21. The Morgan fingerprint density at radius 3 is 2.26 bits per heavy atom. The fourth-order valence-corrected chi connectivity index (χ4v) is 5.91. The topological polar surface area (TPSA) is 57.0 Å². The van der Waals surface area contributed by atoms with Crippen LogP contribution in [-0.4, -0.2) is 4.57 Å². The van der Waals surface area contributed by atoms with Crippen LogP contribution in [0.25, 0.3) is 38.6 Å². The van der Waals surface area contributed by atoms with E-state index in [1.807, 2.05) is 18.2 Å². The molecule has 6 aromatic rings. The van der Waals surface area contributed by atoms with Crippen molar-refractivity contribution in [2.45, 2.75) is 12.5 Å². The summed E-state index contributed by atoms with van der Waals surface area (Å²) in [5, 5.41) is 2.46. The lowest BCUT2D eigenvalue weighted by molar-refractivity contribution is 0.910. The van der Waals surface area contributed by atoms with Gasteiger partial charge in [-0.1, -0.05) is 97.1 Å². The maximum atomic E-state index is 6.80. The van der Waals surface area contributed by atoms with Crippen molar-refractivity contribution in [1.82, 2.24) is 4.57 Å². The van der Waals surface area contributed by atoms with Crippen molar-refractivity contribution in [2.24, 2.45) is 5.73 Å². The molecule has 3 nitrogen and oxygen atoms in total. The molecular formula is C36H29N3. The lowest BCUT2D eigenvalue weighted by atomic mass is 9.92. The summed E-state index contributed by atoms with van der Waals surface area (Å²) in [5.41, 5.74) is 24.5. The van der Waals surface area contributed by atoms with Crippen LogP contribution in [0.5, 0.6) is 0 Å². The first-order chi connectivity index (χ1) is 19.2. The van der Waals surface area contributed by atoms with Gasteiger partial charge in [0.2, 0.25) is 0 Å². The summed E-state index contributed by atoms with van der Waals surface area (Å²) in [6.45, 7) is 0. The fraction of sp³-hybridized carbons (Fsp3) is 0.0556. The van der Waals surface area contributed by atoms with E-state index < -0.39 is 0 Å². The van der Waals surface area contributed by atoms with Gasteiger partial charge in [0.25, 0.3) is 0 Å². The Morgan fingerprint density at radius 1 is 0.667 bits per heavy atom. The predicted molar refractivity (Wildman–Crippen MR) is 165 cm³/mol. The molecule has 0 amide bonds. The second-order valence-electron chi connectivity index (χ2n) is 10.2. The molecule has 7 rings (SSSR count). The molecule has 1 unspecified atom stereocenters. The van der Waals surface area contributed by atoms with Crippen LogP contribution in [0, 0.1) is 0 Å². The molecule has 0 fully saturated rings. The van der Waals surface area contributed by atoms with E-state index in [0.29, 0.717) is 0 Å². The third-order valence-corrected chi connectivity index (χ3v) is 7.81. The average Bonchev–Trinajstić information content (AvgIpc) is 3.24. The molecular weight excluding hydrogens is 474 g/mol. The van der Waals surface area contributed by atoms with Crippen LogP contribution in [0.2, 0.25) is 0 Å². The van der Waals surface area contributed by atoms with Crippen LogP contribution >= 0.6 is 0 Å². The van der Waals surface area contributed by atoms with Gasteiger partial charge in [-0.3, -0.25) is 0 Å². The van der Waals surface area contributed by atoms with Gasteiger partial charge in [0.1, 0.15) is 0 Å². The third-order valence-electron chi connectivity index (χ3n) is 7.81. The van der Waals surface area contributed by atoms with Gasteiger partial charge < -0.3 is 16.0 Å². The summed E-state index contributed by atoms with van der Waals surface area (Å²) < 4.78 is 2.34.